The highest BCUT2D eigenvalue weighted by molar-refractivity contribution is 7.80. The number of pyridine rings is 2. The molecule has 2 atom stereocenters. The van der Waals surface area contributed by atoms with Crippen LogP contribution in [0.3, 0.4) is 0 Å². The molecule has 1 saturated heterocycles. The first kappa shape index (κ1) is 23.1. The van der Waals surface area contributed by atoms with E-state index in [1.807, 2.05) is 36.7 Å². The van der Waals surface area contributed by atoms with Crippen LogP contribution in [0.15, 0.2) is 73.1 Å². The highest BCUT2D eigenvalue weighted by atomic mass is 32.1. The number of aromatic nitrogens is 3. The first-order valence-electron chi connectivity index (χ1n) is 11.7. The average Bonchev–Trinajstić information content (AvgIpc) is 3.35. The molecule has 0 radical (unpaired) electrons. The number of nitrogens with zero attached hydrogens (tertiary/aromatic N) is 4. The Morgan fingerprint density at radius 1 is 1.00 bits per heavy atom. The van der Waals surface area contributed by atoms with E-state index in [0.29, 0.717) is 6.54 Å². The van der Waals surface area contributed by atoms with Gasteiger partial charge in [0, 0.05) is 30.3 Å². The highest BCUT2D eigenvalue weighted by Gasteiger charge is 2.41. The minimum absolute atomic E-state index is 0.0232. The van der Waals surface area contributed by atoms with Gasteiger partial charge in [-0.15, -0.1) is 0 Å². The molecule has 1 N–H and O–H groups in total. The first-order valence-corrected chi connectivity index (χ1v) is 12.1. The Kier molecular flexibility index (Phi) is 6.26. The summed E-state index contributed by atoms with van der Waals surface area (Å²) in [5, 5.41) is 4.28. The molecule has 0 amide bonds. The van der Waals surface area contributed by atoms with Crippen LogP contribution < -0.4 is 10.1 Å². The maximum Gasteiger partial charge on any atom is 0.170 e. The predicted molar refractivity (Wildman–Crippen MR) is 142 cm³/mol. The molecule has 0 spiro atoms. The molecule has 3 aromatic heterocycles. The van der Waals surface area contributed by atoms with Crippen LogP contribution in [0.25, 0.3) is 5.82 Å². The summed E-state index contributed by atoms with van der Waals surface area (Å²) in [5.41, 5.74) is 6.77. The summed E-state index contributed by atoms with van der Waals surface area (Å²) >= 11 is 5.88. The van der Waals surface area contributed by atoms with Gasteiger partial charge in [0.25, 0.3) is 0 Å². The fourth-order valence-corrected chi connectivity index (χ4v) is 5.18. The molecular formula is C28H29N5OS. The van der Waals surface area contributed by atoms with E-state index >= 15 is 0 Å². The predicted octanol–water partition coefficient (Wildman–Crippen LogP) is 5.37. The van der Waals surface area contributed by atoms with Gasteiger partial charge in [0.15, 0.2) is 5.11 Å². The quantitative estimate of drug-likeness (QED) is 0.372. The van der Waals surface area contributed by atoms with E-state index in [2.05, 4.69) is 81.9 Å². The van der Waals surface area contributed by atoms with Crippen molar-refractivity contribution in [1.29, 1.82) is 0 Å². The molecule has 1 fully saturated rings. The Balaban J connectivity index is 1.59. The summed E-state index contributed by atoms with van der Waals surface area (Å²) < 4.78 is 7.56. The monoisotopic (exact) mass is 483 g/mol. The maximum absolute atomic E-state index is 5.88. The number of aryl methyl sites for hydroxylation is 2. The van der Waals surface area contributed by atoms with E-state index in [-0.39, 0.29) is 12.1 Å². The average molecular weight is 484 g/mol. The number of ether oxygens (including phenoxy) is 1. The van der Waals surface area contributed by atoms with Crippen molar-refractivity contribution in [2.24, 2.45) is 0 Å². The van der Waals surface area contributed by atoms with Gasteiger partial charge in [-0.25, -0.2) is 4.98 Å². The number of hydrogen-bond donors (Lipinski definition) is 1. The Labute approximate surface area is 211 Å². The van der Waals surface area contributed by atoms with Crippen LogP contribution >= 0.6 is 12.2 Å². The minimum atomic E-state index is -0.0677. The zero-order chi connectivity index (χ0) is 24.5. The molecule has 0 aliphatic carbocycles. The lowest BCUT2D eigenvalue weighted by Crippen LogP contribution is -2.29. The molecule has 0 bridgehead atoms. The maximum atomic E-state index is 5.88. The minimum Gasteiger partial charge on any atom is -0.497 e. The van der Waals surface area contributed by atoms with Crippen LogP contribution in [-0.4, -0.2) is 31.7 Å². The molecule has 1 aliphatic heterocycles. The summed E-state index contributed by atoms with van der Waals surface area (Å²) in [7, 11) is 1.68. The first-order chi connectivity index (χ1) is 17.0. The van der Waals surface area contributed by atoms with Crippen molar-refractivity contribution in [1.82, 2.24) is 24.8 Å². The molecule has 2 unspecified atom stereocenters. The second-order valence-electron chi connectivity index (χ2n) is 8.96. The van der Waals surface area contributed by atoms with Crippen LogP contribution in [-0.2, 0) is 6.54 Å². The van der Waals surface area contributed by atoms with Crippen molar-refractivity contribution in [2.45, 2.75) is 39.4 Å². The van der Waals surface area contributed by atoms with Crippen molar-refractivity contribution in [2.75, 3.05) is 7.11 Å². The molecule has 6 nitrogen and oxygen atoms in total. The van der Waals surface area contributed by atoms with Gasteiger partial charge < -0.3 is 19.5 Å². The van der Waals surface area contributed by atoms with Gasteiger partial charge in [0.2, 0.25) is 0 Å². The molecule has 178 valence electrons. The van der Waals surface area contributed by atoms with Crippen molar-refractivity contribution in [3.05, 3.63) is 107 Å². The summed E-state index contributed by atoms with van der Waals surface area (Å²) in [6.07, 6.45) is 3.75. The van der Waals surface area contributed by atoms with Crippen LogP contribution in [0.1, 0.15) is 45.9 Å². The molecule has 7 heteroatoms. The Bertz CT molecular complexity index is 1330. The summed E-state index contributed by atoms with van der Waals surface area (Å²) in [6.45, 7) is 7.02. The van der Waals surface area contributed by atoms with Gasteiger partial charge in [-0.05, 0) is 86.1 Å². The van der Waals surface area contributed by atoms with Gasteiger partial charge in [-0.3, -0.25) is 4.98 Å². The Morgan fingerprint density at radius 3 is 2.46 bits per heavy atom. The second-order valence-corrected chi connectivity index (χ2v) is 9.34. The third kappa shape index (κ3) is 4.39. The van der Waals surface area contributed by atoms with Crippen molar-refractivity contribution in [3.63, 3.8) is 0 Å². The second kappa shape index (κ2) is 9.50. The van der Waals surface area contributed by atoms with E-state index < -0.39 is 0 Å². The van der Waals surface area contributed by atoms with E-state index in [4.69, 9.17) is 17.0 Å². The van der Waals surface area contributed by atoms with Crippen LogP contribution in [0, 0.1) is 20.8 Å². The standard InChI is InChI=1S/C28H29N5OS/c1-18-8-13-25(30-16-18)33-19(2)15-23(20(33)3)27-26(24-7-5-6-14-29-24)31-28(35)32(27)17-21-9-11-22(34-4)12-10-21/h5-16,26-27H,17H2,1-4H3,(H,31,35). The summed E-state index contributed by atoms with van der Waals surface area (Å²) in [5.74, 6) is 1.76. The largest absolute Gasteiger partial charge is 0.497 e. The van der Waals surface area contributed by atoms with Crippen molar-refractivity contribution in [3.8, 4) is 11.6 Å². The smallest absolute Gasteiger partial charge is 0.170 e. The number of rotatable bonds is 6. The summed E-state index contributed by atoms with van der Waals surface area (Å²) in [6, 6.07) is 20.5. The van der Waals surface area contributed by atoms with E-state index in [1.165, 1.54) is 5.56 Å². The fraction of sp³-hybridized carbons (Fsp3) is 0.250. The molecule has 0 saturated carbocycles. The van der Waals surface area contributed by atoms with Crippen LogP contribution in [0.2, 0.25) is 0 Å². The molecule has 35 heavy (non-hydrogen) atoms. The van der Waals surface area contributed by atoms with E-state index in [0.717, 1.165) is 44.9 Å². The van der Waals surface area contributed by atoms with Gasteiger partial charge in [0.05, 0.1) is 24.9 Å². The van der Waals surface area contributed by atoms with Crippen LogP contribution in [0.5, 0.6) is 5.75 Å². The highest BCUT2D eigenvalue weighted by Crippen LogP contribution is 2.42. The number of thiocarbonyl (C=S) groups is 1. The zero-order valence-electron chi connectivity index (χ0n) is 20.4. The molecule has 4 aromatic rings. The Hall–Kier alpha value is -3.71. The zero-order valence-corrected chi connectivity index (χ0v) is 21.2. The molecule has 1 aliphatic rings. The number of benzene rings is 1. The van der Waals surface area contributed by atoms with Crippen molar-refractivity contribution < 1.29 is 4.74 Å². The van der Waals surface area contributed by atoms with Gasteiger partial charge in [-0.2, -0.15) is 0 Å². The molecular weight excluding hydrogens is 454 g/mol. The normalized spacial score (nSPS) is 17.5. The third-order valence-corrected chi connectivity index (χ3v) is 6.98. The lowest BCUT2D eigenvalue weighted by atomic mass is 9.96. The number of methoxy groups -OCH3 is 1. The topological polar surface area (TPSA) is 55.2 Å². The number of hydrogen-bond acceptors (Lipinski definition) is 4. The molecule has 4 heterocycles. The fourth-order valence-electron chi connectivity index (χ4n) is 4.87. The lowest BCUT2D eigenvalue weighted by molar-refractivity contribution is 0.310. The van der Waals surface area contributed by atoms with Crippen LogP contribution in [0.4, 0.5) is 0 Å². The van der Waals surface area contributed by atoms with Gasteiger partial charge >= 0.3 is 0 Å². The van der Waals surface area contributed by atoms with E-state index in [9.17, 15) is 0 Å². The molecule has 1 aromatic carbocycles. The Morgan fingerprint density at radius 2 is 1.80 bits per heavy atom. The lowest BCUT2D eigenvalue weighted by Gasteiger charge is -2.28. The molecule has 5 rings (SSSR count). The summed E-state index contributed by atoms with van der Waals surface area (Å²) in [4.78, 5) is 11.6. The van der Waals surface area contributed by atoms with Gasteiger partial charge in [-0.1, -0.05) is 24.3 Å². The van der Waals surface area contributed by atoms with E-state index in [1.54, 1.807) is 7.11 Å². The SMILES string of the molecule is COc1ccc(CN2C(=S)NC(c3ccccn3)C2c2cc(C)n(-c3ccc(C)cn3)c2C)cc1. The number of nitrogens with one attached hydrogen (secondary N) is 1. The third-order valence-electron chi connectivity index (χ3n) is 6.62. The van der Waals surface area contributed by atoms with Gasteiger partial charge in [0.1, 0.15) is 11.6 Å². The van der Waals surface area contributed by atoms with Crippen molar-refractivity contribution >= 4 is 17.3 Å².